The first-order chi connectivity index (χ1) is 10.5. The summed E-state index contributed by atoms with van der Waals surface area (Å²) in [6.45, 7) is -0.0700. The molecule has 3 N–H and O–H groups in total. The Balaban J connectivity index is 2.26. The minimum atomic E-state index is -3.64. The molecule has 118 valence electrons. The van der Waals surface area contributed by atoms with Crippen molar-refractivity contribution >= 4 is 31.6 Å². The molecule has 5 nitrogen and oxygen atoms in total. The predicted molar refractivity (Wildman–Crippen MR) is 90.3 cm³/mol. The summed E-state index contributed by atoms with van der Waals surface area (Å²) in [5.41, 5.74) is 1.26. The van der Waals surface area contributed by atoms with E-state index >= 15 is 0 Å². The smallest absolute Gasteiger partial charge is 0.261 e. The molecular weight excluding hydrogens is 368 g/mol. The Morgan fingerprint density at radius 2 is 1.86 bits per heavy atom. The van der Waals surface area contributed by atoms with E-state index in [4.69, 9.17) is 0 Å². The van der Waals surface area contributed by atoms with Crippen LogP contribution in [0.25, 0.3) is 0 Å². The van der Waals surface area contributed by atoms with Gasteiger partial charge in [-0.1, -0.05) is 28.1 Å². The van der Waals surface area contributed by atoms with Crippen LogP contribution in [0.2, 0.25) is 0 Å². The summed E-state index contributed by atoms with van der Waals surface area (Å²) in [6, 6.07) is 13.1. The van der Waals surface area contributed by atoms with Crippen molar-refractivity contribution in [3.8, 4) is 0 Å². The second-order valence-corrected chi connectivity index (χ2v) is 7.31. The fourth-order valence-electron chi connectivity index (χ4n) is 2.01. The lowest BCUT2D eigenvalue weighted by Crippen LogP contribution is -2.20. The third kappa shape index (κ3) is 4.07. The lowest BCUT2D eigenvalue weighted by molar-refractivity contribution is 0.251. The molecule has 0 aliphatic heterocycles. The van der Waals surface area contributed by atoms with Crippen molar-refractivity contribution in [2.24, 2.45) is 0 Å². The molecule has 0 heterocycles. The molecule has 2 aromatic rings. The van der Waals surface area contributed by atoms with Gasteiger partial charge in [-0.25, -0.2) is 8.42 Å². The Hall–Kier alpha value is -1.41. The molecule has 0 spiro atoms. The Morgan fingerprint density at radius 1 is 1.18 bits per heavy atom. The van der Waals surface area contributed by atoms with Crippen molar-refractivity contribution in [3.05, 3.63) is 58.6 Å². The highest BCUT2D eigenvalue weighted by Gasteiger charge is 2.15. The third-order valence-electron chi connectivity index (χ3n) is 3.20. The van der Waals surface area contributed by atoms with Crippen LogP contribution in [0.1, 0.15) is 11.6 Å². The minimum Gasteiger partial charge on any atom is -0.394 e. The average Bonchev–Trinajstić information content (AvgIpc) is 2.49. The van der Waals surface area contributed by atoms with Gasteiger partial charge < -0.3 is 10.4 Å². The van der Waals surface area contributed by atoms with Crippen molar-refractivity contribution in [1.82, 2.24) is 5.32 Å². The van der Waals surface area contributed by atoms with Crippen LogP contribution in [0.3, 0.4) is 0 Å². The van der Waals surface area contributed by atoms with Gasteiger partial charge >= 0.3 is 0 Å². The summed E-state index contributed by atoms with van der Waals surface area (Å²) in [7, 11) is -1.90. The number of aliphatic hydroxyl groups excluding tert-OH is 1. The molecule has 0 aromatic heterocycles. The first-order valence-electron chi connectivity index (χ1n) is 6.63. The maximum Gasteiger partial charge on any atom is 0.261 e. The number of rotatable bonds is 6. The lowest BCUT2D eigenvalue weighted by atomic mass is 10.1. The molecule has 0 fully saturated rings. The molecule has 0 aliphatic carbocycles. The van der Waals surface area contributed by atoms with E-state index in [1.54, 1.807) is 37.4 Å². The quantitative estimate of drug-likeness (QED) is 0.714. The van der Waals surface area contributed by atoms with Crippen molar-refractivity contribution in [1.29, 1.82) is 0 Å². The Morgan fingerprint density at radius 3 is 2.45 bits per heavy atom. The van der Waals surface area contributed by atoms with Gasteiger partial charge in [-0.3, -0.25) is 4.72 Å². The first kappa shape index (κ1) is 17.0. The van der Waals surface area contributed by atoms with Crippen molar-refractivity contribution in [2.75, 3.05) is 18.4 Å². The Labute approximate surface area is 138 Å². The number of halogens is 1. The zero-order valence-electron chi connectivity index (χ0n) is 12.0. The summed E-state index contributed by atoms with van der Waals surface area (Å²) < 4.78 is 28.0. The fourth-order valence-corrected chi connectivity index (χ4v) is 3.32. The second kappa shape index (κ2) is 7.23. The largest absolute Gasteiger partial charge is 0.394 e. The summed E-state index contributed by atoms with van der Waals surface area (Å²) in [4.78, 5) is 0.188. The molecular formula is C15H17BrN2O3S. The molecule has 2 rings (SSSR count). The van der Waals surface area contributed by atoms with Gasteiger partial charge in [0.15, 0.2) is 0 Å². The number of likely N-dealkylation sites (N-methyl/N-ethyl adjacent to an activating group) is 1. The van der Waals surface area contributed by atoms with Gasteiger partial charge in [0.2, 0.25) is 0 Å². The standard InChI is InChI=1S/C15H17BrN2O3S/c1-17-15(10-19)11-3-2-4-13(9-11)18-22(20,21)14-7-5-12(16)6-8-14/h2-9,15,17-19H,10H2,1H3. The van der Waals surface area contributed by atoms with E-state index in [9.17, 15) is 13.5 Å². The zero-order valence-corrected chi connectivity index (χ0v) is 14.4. The van der Waals surface area contributed by atoms with Gasteiger partial charge in [0.25, 0.3) is 10.0 Å². The predicted octanol–water partition coefficient (Wildman–Crippen LogP) is 2.50. The molecule has 22 heavy (non-hydrogen) atoms. The van der Waals surface area contributed by atoms with Gasteiger partial charge in [0.05, 0.1) is 17.5 Å². The van der Waals surface area contributed by atoms with Gasteiger partial charge in [0.1, 0.15) is 0 Å². The normalized spacial score (nSPS) is 12.9. The highest BCUT2D eigenvalue weighted by atomic mass is 79.9. The number of aliphatic hydroxyl groups is 1. The molecule has 1 atom stereocenters. The molecule has 0 aliphatic rings. The molecule has 0 radical (unpaired) electrons. The number of hydrogen-bond acceptors (Lipinski definition) is 4. The second-order valence-electron chi connectivity index (χ2n) is 4.71. The molecule has 0 saturated carbocycles. The summed E-state index contributed by atoms with van der Waals surface area (Å²) in [5.74, 6) is 0. The van der Waals surface area contributed by atoms with E-state index in [1.165, 1.54) is 12.1 Å². The van der Waals surface area contributed by atoms with Crippen molar-refractivity contribution in [2.45, 2.75) is 10.9 Å². The molecule has 0 bridgehead atoms. The fraction of sp³-hybridized carbons (Fsp3) is 0.200. The summed E-state index contributed by atoms with van der Waals surface area (Å²) >= 11 is 3.27. The molecule has 1 unspecified atom stereocenters. The highest BCUT2D eigenvalue weighted by Crippen LogP contribution is 2.21. The van der Waals surface area contributed by atoms with E-state index in [1.807, 2.05) is 6.07 Å². The molecule has 2 aromatic carbocycles. The monoisotopic (exact) mass is 384 g/mol. The van der Waals surface area contributed by atoms with E-state index in [0.717, 1.165) is 10.0 Å². The Bertz CT molecular complexity index is 729. The third-order valence-corrected chi connectivity index (χ3v) is 5.12. The molecule has 7 heteroatoms. The summed E-state index contributed by atoms with van der Waals surface area (Å²) in [5, 5.41) is 12.3. The SMILES string of the molecule is CNC(CO)c1cccc(NS(=O)(=O)c2ccc(Br)cc2)c1. The average molecular weight is 385 g/mol. The maximum absolute atomic E-state index is 12.3. The highest BCUT2D eigenvalue weighted by molar-refractivity contribution is 9.10. The van der Waals surface area contributed by atoms with Gasteiger partial charge in [0, 0.05) is 10.2 Å². The van der Waals surface area contributed by atoms with Crippen LogP contribution in [0.5, 0.6) is 0 Å². The maximum atomic E-state index is 12.3. The number of hydrogen-bond donors (Lipinski definition) is 3. The molecule has 0 amide bonds. The number of benzene rings is 2. The zero-order chi connectivity index (χ0) is 16.2. The number of nitrogens with one attached hydrogen (secondary N) is 2. The van der Waals surface area contributed by atoms with E-state index in [2.05, 4.69) is 26.0 Å². The lowest BCUT2D eigenvalue weighted by Gasteiger charge is -2.15. The van der Waals surface area contributed by atoms with Crippen LogP contribution in [-0.2, 0) is 10.0 Å². The van der Waals surface area contributed by atoms with Crippen LogP contribution in [0, 0.1) is 0 Å². The molecule has 0 saturated heterocycles. The van der Waals surface area contributed by atoms with Crippen LogP contribution in [0.15, 0.2) is 57.9 Å². The van der Waals surface area contributed by atoms with E-state index < -0.39 is 10.0 Å². The van der Waals surface area contributed by atoms with E-state index in [0.29, 0.717) is 5.69 Å². The van der Waals surface area contributed by atoms with Crippen LogP contribution in [0.4, 0.5) is 5.69 Å². The van der Waals surface area contributed by atoms with Crippen LogP contribution in [-0.4, -0.2) is 27.2 Å². The number of anilines is 1. The minimum absolute atomic E-state index is 0.0700. The van der Waals surface area contributed by atoms with Crippen molar-refractivity contribution in [3.63, 3.8) is 0 Å². The number of sulfonamides is 1. The first-order valence-corrected chi connectivity index (χ1v) is 8.90. The Kier molecular flexibility index (Phi) is 5.57. The van der Waals surface area contributed by atoms with E-state index in [-0.39, 0.29) is 17.5 Å². The van der Waals surface area contributed by atoms with Gasteiger partial charge in [-0.2, -0.15) is 0 Å². The van der Waals surface area contributed by atoms with Crippen molar-refractivity contribution < 1.29 is 13.5 Å². The van der Waals surface area contributed by atoms with Gasteiger partial charge in [-0.15, -0.1) is 0 Å². The summed E-state index contributed by atoms with van der Waals surface area (Å²) in [6.07, 6.45) is 0. The van der Waals surface area contributed by atoms with Gasteiger partial charge in [-0.05, 0) is 49.0 Å². The van der Waals surface area contributed by atoms with Crippen LogP contribution < -0.4 is 10.0 Å². The van der Waals surface area contributed by atoms with Crippen LogP contribution >= 0.6 is 15.9 Å². The topological polar surface area (TPSA) is 78.4 Å².